The Morgan fingerprint density at radius 3 is 2.04 bits per heavy atom. The molecule has 0 saturated heterocycles. The van der Waals surface area contributed by atoms with Gasteiger partial charge in [0, 0.05) is 12.1 Å². The van der Waals surface area contributed by atoms with Crippen LogP contribution in [0.3, 0.4) is 0 Å². The highest BCUT2D eigenvalue weighted by Crippen LogP contribution is 2.36. The fourth-order valence-corrected chi connectivity index (χ4v) is 2.50. The minimum atomic E-state index is -5.01. The van der Waals surface area contributed by atoms with E-state index in [1.54, 1.807) is 19.1 Å². The first kappa shape index (κ1) is 18.0. The molecule has 0 N–H and O–H groups in total. The van der Waals surface area contributed by atoms with Crippen LogP contribution in [-0.2, 0) is 12.4 Å². The highest BCUT2D eigenvalue weighted by Gasteiger charge is 2.38. The highest BCUT2D eigenvalue weighted by molar-refractivity contribution is 5.77. The fourth-order valence-electron chi connectivity index (χ4n) is 2.50. The monoisotopic (exact) mass is 374 g/mol. The number of aromatic nitrogens is 1. The van der Waals surface area contributed by atoms with E-state index in [1.807, 2.05) is 0 Å². The molecule has 0 aliphatic carbocycles. The van der Waals surface area contributed by atoms with Crippen LogP contribution in [-0.4, -0.2) is 0 Å². The lowest BCUT2D eigenvalue weighted by molar-refractivity contribution is -0.623. The van der Waals surface area contributed by atoms with Gasteiger partial charge in [0.1, 0.15) is 0 Å². The predicted octanol–water partition coefficient (Wildman–Crippen LogP) is 4.42. The number of rotatable bonds is 1. The molecule has 0 aliphatic rings. The van der Waals surface area contributed by atoms with Crippen molar-refractivity contribution in [3.05, 3.63) is 69.8 Å². The number of alkyl halides is 6. The van der Waals surface area contributed by atoms with Gasteiger partial charge in [-0.1, -0.05) is 16.7 Å². The molecule has 0 unspecified atom stereocenters. The number of fused-ring (bicyclic) bond motifs is 1. The predicted molar refractivity (Wildman–Crippen MR) is 78.8 cm³/mol. The van der Waals surface area contributed by atoms with E-state index in [0.29, 0.717) is 27.6 Å². The van der Waals surface area contributed by atoms with Crippen LogP contribution >= 0.6 is 0 Å². The first-order chi connectivity index (χ1) is 12.0. The van der Waals surface area contributed by atoms with Crippen molar-refractivity contribution in [1.29, 1.82) is 0 Å². The summed E-state index contributed by atoms with van der Waals surface area (Å²) in [6, 6.07) is 5.73. The molecule has 0 bridgehead atoms. The van der Waals surface area contributed by atoms with Gasteiger partial charge in [0.05, 0.1) is 16.5 Å². The van der Waals surface area contributed by atoms with Gasteiger partial charge in [-0.15, -0.1) is 0 Å². The minimum Gasteiger partial charge on any atom is -0.371 e. The average Bonchev–Trinajstić information content (AvgIpc) is 2.53. The van der Waals surface area contributed by atoms with Crippen molar-refractivity contribution in [3.8, 4) is 5.69 Å². The molecule has 0 radical (unpaired) electrons. The minimum absolute atomic E-state index is 0.00310. The second-order valence-corrected chi connectivity index (χ2v) is 5.62. The summed E-state index contributed by atoms with van der Waals surface area (Å²) in [5.41, 5.74) is -2.81. The molecule has 0 amide bonds. The molecule has 0 aliphatic heterocycles. The molecule has 0 saturated carbocycles. The van der Waals surface area contributed by atoms with Crippen molar-refractivity contribution in [3.63, 3.8) is 0 Å². The molecular weight excluding hydrogens is 364 g/mol. The average molecular weight is 374 g/mol. The van der Waals surface area contributed by atoms with Gasteiger partial charge in [0.25, 0.3) is 0 Å². The summed E-state index contributed by atoms with van der Waals surface area (Å²) in [6.07, 6.45) is -8.88. The summed E-state index contributed by atoms with van der Waals surface area (Å²) in [6.45, 7) is 1.65. The van der Waals surface area contributed by atoms with Gasteiger partial charge < -0.3 is 4.42 Å². The standard InChI is InChI=1S/C17H10F6NO2/c1-9-3-2-4-10-8-24(15(25)26-14(9)10)13-6-11(16(18,19)20)5-12(7-13)17(21,22)23/h2-8H,1H3/q+1. The Labute approximate surface area is 142 Å². The van der Waals surface area contributed by atoms with Crippen molar-refractivity contribution in [2.24, 2.45) is 0 Å². The second kappa shape index (κ2) is 5.86. The number of aryl methyl sites for hydroxylation is 1. The van der Waals surface area contributed by atoms with Crippen LogP contribution in [0.5, 0.6) is 0 Å². The van der Waals surface area contributed by atoms with E-state index in [9.17, 15) is 31.1 Å². The molecule has 3 nitrogen and oxygen atoms in total. The molecule has 3 rings (SSSR count). The van der Waals surface area contributed by atoms with E-state index < -0.39 is 34.9 Å². The Hall–Kier alpha value is -2.84. The van der Waals surface area contributed by atoms with E-state index in [-0.39, 0.29) is 11.6 Å². The number of nitrogens with zero attached hydrogens (tertiary/aromatic N) is 1. The Bertz CT molecular complexity index is 1020. The third-order valence-electron chi connectivity index (χ3n) is 3.75. The zero-order chi connectivity index (χ0) is 19.3. The van der Waals surface area contributed by atoms with E-state index >= 15 is 0 Å². The van der Waals surface area contributed by atoms with Crippen LogP contribution in [0.15, 0.2) is 51.8 Å². The number of hydrogen-bond acceptors (Lipinski definition) is 2. The Morgan fingerprint density at radius 1 is 0.923 bits per heavy atom. The molecular formula is C17H10F6NO2+. The van der Waals surface area contributed by atoms with Gasteiger partial charge in [-0.2, -0.15) is 31.1 Å². The Kier molecular flexibility index (Phi) is 4.05. The maximum absolute atomic E-state index is 13.0. The van der Waals surface area contributed by atoms with Crippen LogP contribution < -0.4 is 10.3 Å². The van der Waals surface area contributed by atoms with Crippen LogP contribution in [0.4, 0.5) is 26.3 Å². The van der Waals surface area contributed by atoms with Gasteiger partial charge in [-0.25, -0.2) is 0 Å². The van der Waals surface area contributed by atoms with Crippen LogP contribution in [0.1, 0.15) is 16.7 Å². The van der Waals surface area contributed by atoms with Gasteiger partial charge >= 0.3 is 18.1 Å². The summed E-state index contributed by atoms with van der Waals surface area (Å²) >= 11 is 0. The number of hydrogen-bond donors (Lipinski definition) is 0. The van der Waals surface area contributed by atoms with Crippen LogP contribution in [0, 0.1) is 6.92 Å². The third kappa shape index (κ3) is 3.29. The van der Waals surface area contributed by atoms with E-state index in [4.69, 9.17) is 4.42 Å². The van der Waals surface area contributed by atoms with Crippen molar-refractivity contribution < 1.29 is 35.3 Å². The number of halogens is 6. The van der Waals surface area contributed by atoms with Crippen molar-refractivity contribution in [2.45, 2.75) is 19.3 Å². The molecule has 3 aromatic rings. The lowest BCUT2D eigenvalue weighted by atomic mass is 10.1. The smallest absolute Gasteiger partial charge is 0.371 e. The second-order valence-electron chi connectivity index (χ2n) is 5.62. The fraction of sp³-hybridized carbons (Fsp3) is 0.176. The van der Waals surface area contributed by atoms with Gasteiger partial charge in [0.15, 0.2) is 11.8 Å². The third-order valence-corrected chi connectivity index (χ3v) is 3.75. The lowest BCUT2D eigenvalue weighted by Crippen LogP contribution is -2.47. The number of benzene rings is 2. The Balaban J connectivity index is 2.31. The van der Waals surface area contributed by atoms with E-state index in [2.05, 4.69) is 0 Å². The highest BCUT2D eigenvalue weighted by atomic mass is 19.4. The molecule has 2 aromatic carbocycles. The molecule has 0 fully saturated rings. The van der Waals surface area contributed by atoms with Crippen molar-refractivity contribution in [2.75, 3.05) is 0 Å². The van der Waals surface area contributed by atoms with Crippen molar-refractivity contribution >= 4 is 11.0 Å². The van der Waals surface area contributed by atoms with E-state index in [0.717, 1.165) is 6.20 Å². The summed E-state index contributed by atoms with van der Waals surface area (Å²) in [4.78, 5) is 12.1. The zero-order valence-corrected chi connectivity index (χ0v) is 13.1. The molecule has 1 aromatic heterocycles. The molecule has 136 valence electrons. The molecule has 26 heavy (non-hydrogen) atoms. The van der Waals surface area contributed by atoms with Crippen molar-refractivity contribution in [1.82, 2.24) is 0 Å². The summed E-state index contributed by atoms with van der Waals surface area (Å²) in [7, 11) is 0. The normalized spacial score (nSPS) is 12.6. The Morgan fingerprint density at radius 2 is 1.50 bits per heavy atom. The molecule has 0 atom stereocenters. The maximum atomic E-state index is 13.0. The SMILES string of the molecule is Cc1cccc2c[n+](-c3cc(C(F)(F)F)cc(C(F)(F)F)c3)c(=O)oc12. The van der Waals surface area contributed by atoms with E-state index in [1.165, 1.54) is 6.07 Å². The molecule has 9 heteroatoms. The quantitative estimate of drug-likeness (QED) is 0.467. The van der Waals surface area contributed by atoms with Gasteiger partial charge in [-0.05, 0) is 24.6 Å². The topological polar surface area (TPSA) is 34.1 Å². The van der Waals surface area contributed by atoms with Gasteiger partial charge in [0.2, 0.25) is 5.69 Å². The first-order valence-corrected chi connectivity index (χ1v) is 7.22. The largest absolute Gasteiger partial charge is 0.608 e. The zero-order valence-electron chi connectivity index (χ0n) is 13.1. The summed E-state index contributed by atoms with van der Waals surface area (Å²) in [5, 5.41) is 0.357. The van der Waals surface area contributed by atoms with Gasteiger partial charge in [-0.3, -0.25) is 0 Å². The summed E-state index contributed by atoms with van der Waals surface area (Å²) in [5.74, 6) is -1.10. The summed E-state index contributed by atoms with van der Waals surface area (Å²) < 4.78 is 83.6. The maximum Gasteiger partial charge on any atom is 0.608 e. The first-order valence-electron chi connectivity index (χ1n) is 7.22. The van der Waals surface area contributed by atoms with Crippen LogP contribution in [0.2, 0.25) is 0 Å². The molecule has 1 heterocycles. The lowest BCUT2D eigenvalue weighted by Gasteiger charge is -2.11. The number of para-hydroxylation sites is 1. The van der Waals surface area contributed by atoms with Crippen LogP contribution in [0.25, 0.3) is 16.7 Å². The molecule has 0 spiro atoms.